The zero-order valence-electron chi connectivity index (χ0n) is 20.3. The van der Waals surface area contributed by atoms with Crippen molar-refractivity contribution < 1.29 is 15.0 Å². The highest BCUT2D eigenvalue weighted by atomic mass is 16.3. The largest absolute Gasteiger partial charge is 0.400 e. The van der Waals surface area contributed by atoms with Gasteiger partial charge < -0.3 is 10.2 Å². The number of carbonyl (C=O) groups is 1. The predicted octanol–water partition coefficient (Wildman–Crippen LogP) is 7.28. The molecule has 4 rings (SSSR count). The smallest absolute Gasteiger partial charge is 0.135 e. The van der Waals surface area contributed by atoms with Crippen molar-refractivity contribution in [3.63, 3.8) is 0 Å². The van der Waals surface area contributed by atoms with Gasteiger partial charge in [0.05, 0.1) is 6.10 Å². The van der Waals surface area contributed by atoms with E-state index in [1.165, 1.54) is 57.8 Å². The molecule has 0 bridgehead atoms. The van der Waals surface area contributed by atoms with E-state index < -0.39 is 0 Å². The molecular weight excluding hydrogens is 396 g/mol. The van der Waals surface area contributed by atoms with Crippen LogP contribution in [0.15, 0.2) is 0 Å². The maximum absolute atomic E-state index is 12.0. The van der Waals surface area contributed by atoms with Crippen LogP contribution in [0.1, 0.15) is 120 Å². The van der Waals surface area contributed by atoms with Crippen LogP contribution in [0, 0.1) is 46.3 Å². The maximum Gasteiger partial charge on any atom is 0.135 e. The third kappa shape index (κ3) is 5.14. The Kier molecular flexibility index (Phi) is 10.9. The van der Waals surface area contributed by atoms with Crippen LogP contribution in [-0.2, 0) is 4.79 Å². The Morgan fingerprint density at radius 1 is 0.938 bits per heavy atom. The minimum atomic E-state index is -0.0629. The van der Waals surface area contributed by atoms with E-state index in [0.29, 0.717) is 28.4 Å². The monoisotopic (exact) mass is 452 g/mol. The van der Waals surface area contributed by atoms with Gasteiger partial charge in [-0.1, -0.05) is 55.4 Å². The van der Waals surface area contributed by atoms with Gasteiger partial charge in [-0.05, 0) is 98.2 Å². The molecule has 2 N–H and O–H groups in total. The van der Waals surface area contributed by atoms with Crippen LogP contribution in [0.3, 0.4) is 0 Å². The van der Waals surface area contributed by atoms with Gasteiger partial charge in [0.25, 0.3) is 0 Å². The molecule has 3 nitrogen and oxygen atoms in total. The Morgan fingerprint density at radius 2 is 1.59 bits per heavy atom. The lowest BCUT2D eigenvalue weighted by Crippen LogP contribution is -2.57. The van der Waals surface area contributed by atoms with Crippen LogP contribution in [0.4, 0.5) is 0 Å². The third-order valence-electron chi connectivity index (χ3n) is 10.4. The van der Waals surface area contributed by atoms with Crippen molar-refractivity contribution in [1.29, 1.82) is 0 Å². The average Bonchev–Trinajstić information content (AvgIpc) is 3.06. The van der Waals surface area contributed by atoms with Crippen molar-refractivity contribution in [2.75, 3.05) is 7.11 Å². The van der Waals surface area contributed by atoms with Crippen LogP contribution >= 0.6 is 0 Å². The summed E-state index contributed by atoms with van der Waals surface area (Å²) in [5.74, 6) is 4.16. The van der Waals surface area contributed by atoms with Crippen molar-refractivity contribution in [3.8, 4) is 0 Å². The molecule has 0 heterocycles. The SMILES string of the molecule is C.C.CC(C)C(=O)CCCC1CCC2C3C(O)CC4CCCCC4(C)C3CCC12C.CO. The molecule has 3 heteroatoms. The van der Waals surface area contributed by atoms with Gasteiger partial charge in [-0.25, -0.2) is 0 Å². The standard InChI is InChI=1S/C26H44O2.CH4O.2CH4/c1-17(2)22(27)10-7-9-18-11-12-20-24-21(13-15-26(18,20)4)25(3)14-6-5-8-19(25)16-23(24)28;1-2;;/h17-21,23-24,28H,5-16H2,1-4H3;2H,1H3;2*1H4. The fourth-order valence-electron chi connectivity index (χ4n) is 8.65. The molecular formula is C29H56O3. The van der Waals surface area contributed by atoms with Gasteiger partial charge in [0.1, 0.15) is 5.78 Å². The summed E-state index contributed by atoms with van der Waals surface area (Å²) in [7, 11) is 1.00. The van der Waals surface area contributed by atoms with Crippen molar-refractivity contribution in [3.05, 3.63) is 0 Å². The topological polar surface area (TPSA) is 57.5 Å². The maximum atomic E-state index is 12.0. The number of carbonyl (C=O) groups excluding carboxylic acids is 1. The minimum Gasteiger partial charge on any atom is -0.400 e. The Hall–Kier alpha value is -0.410. The fourth-order valence-corrected chi connectivity index (χ4v) is 8.65. The molecule has 0 aromatic heterocycles. The first-order valence-corrected chi connectivity index (χ1v) is 12.9. The molecule has 4 aliphatic rings. The minimum absolute atomic E-state index is 0. The Bertz CT molecular complexity index is 587. The molecule has 0 amide bonds. The van der Waals surface area contributed by atoms with E-state index in [2.05, 4.69) is 13.8 Å². The van der Waals surface area contributed by atoms with Crippen LogP contribution in [0.5, 0.6) is 0 Å². The summed E-state index contributed by atoms with van der Waals surface area (Å²) in [6, 6.07) is 0. The molecule has 8 atom stereocenters. The van der Waals surface area contributed by atoms with Crippen LogP contribution in [0.2, 0.25) is 0 Å². The molecule has 8 unspecified atom stereocenters. The van der Waals surface area contributed by atoms with Gasteiger partial charge in [-0.2, -0.15) is 0 Å². The van der Waals surface area contributed by atoms with Crippen LogP contribution < -0.4 is 0 Å². The highest BCUT2D eigenvalue weighted by Crippen LogP contribution is 2.67. The van der Waals surface area contributed by atoms with Crippen molar-refractivity contribution in [2.24, 2.45) is 46.3 Å². The predicted molar refractivity (Wildman–Crippen MR) is 137 cm³/mol. The molecule has 0 aliphatic heterocycles. The summed E-state index contributed by atoms with van der Waals surface area (Å²) < 4.78 is 0. The first-order valence-electron chi connectivity index (χ1n) is 12.9. The number of hydrogen-bond donors (Lipinski definition) is 2. The second-order valence-corrected chi connectivity index (χ2v) is 11.9. The normalized spacial score (nSPS) is 42.2. The van der Waals surface area contributed by atoms with E-state index in [4.69, 9.17) is 5.11 Å². The molecule has 0 saturated heterocycles. The lowest BCUT2D eigenvalue weighted by molar-refractivity contribution is -0.162. The van der Waals surface area contributed by atoms with Crippen molar-refractivity contribution in [2.45, 2.75) is 126 Å². The molecule has 190 valence electrons. The molecule has 0 aromatic rings. The lowest BCUT2D eigenvalue weighted by atomic mass is 9.44. The third-order valence-corrected chi connectivity index (χ3v) is 10.4. The van der Waals surface area contributed by atoms with E-state index in [0.717, 1.165) is 44.1 Å². The summed E-state index contributed by atoms with van der Waals surface area (Å²) in [6.07, 6.45) is 14.9. The zero-order chi connectivity index (χ0) is 22.1. The molecule has 0 spiro atoms. The summed E-state index contributed by atoms with van der Waals surface area (Å²) >= 11 is 0. The van der Waals surface area contributed by atoms with Gasteiger partial charge in [0, 0.05) is 19.4 Å². The average molecular weight is 453 g/mol. The summed E-state index contributed by atoms with van der Waals surface area (Å²) in [5, 5.41) is 18.3. The van der Waals surface area contributed by atoms with E-state index in [1.54, 1.807) is 0 Å². The van der Waals surface area contributed by atoms with E-state index in [1.807, 2.05) is 13.8 Å². The summed E-state index contributed by atoms with van der Waals surface area (Å²) in [6.45, 7) is 9.20. The van der Waals surface area contributed by atoms with Crippen LogP contribution in [0.25, 0.3) is 0 Å². The molecule has 4 saturated carbocycles. The Labute approximate surface area is 200 Å². The Morgan fingerprint density at radius 3 is 2.25 bits per heavy atom. The molecule has 4 aliphatic carbocycles. The number of aliphatic hydroxyl groups is 2. The lowest BCUT2D eigenvalue weighted by Gasteiger charge is -2.62. The highest BCUT2D eigenvalue weighted by Gasteiger charge is 2.61. The molecule has 0 aromatic carbocycles. The quantitative estimate of drug-likeness (QED) is 0.460. The number of Topliss-reactive ketones (excluding diaryl/α,β-unsaturated/α-hetero) is 1. The zero-order valence-corrected chi connectivity index (χ0v) is 20.3. The molecule has 32 heavy (non-hydrogen) atoms. The first-order chi connectivity index (χ1) is 14.3. The number of aliphatic hydroxyl groups excluding tert-OH is 2. The summed E-state index contributed by atoms with van der Waals surface area (Å²) in [4.78, 5) is 12.0. The second-order valence-electron chi connectivity index (χ2n) is 11.9. The fraction of sp³-hybridized carbons (Fsp3) is 0.966. The van der Waals surface area contributed by atoms with E-state index in [9.17, 15) is 9.90 Å². The summed E-state index contributed by atoms with van der Waals surface area (Å²) in [5.41, 5.74) is 0.895. The second kappa shape index (κ2) is 11.8. The first kappa shape index (κ1) is 29.6. The molecule has 4 fully saturated rings. The number of rotatable bonds is 5. The van der Waals surface area contributed by atoms with Gasteiger partial charge in [-0.15, -0.1) is 0 Å². The van der Waals surface area contributed by atoms with Gasteiger partial charge in [0.15, 0.2) is 0 Å². The van der Waals surface area contributed by atoms with Crippen molar-refractivity contribution >= 4 is 5.78 Å². The molecule has 0 radical (unpaired) electrons. The van der Waals surface area contributed by atoms with Gasteiger partial charge in [-0.3, -0.25) is 4.79 Å². The van der Waals surface area contributed by atoms with Gasteiger partial charge >= 0.3 is 0 Å². The number of fused-ring (bicyclic) bond motifs is 5. The number of hydrogen-bond acceptors (Lipinski definition) is 3. The van der Waals surface area contributed by atoms with Crippen molar-refractivity contribution in [1.82, 2.24) is 0 Å². The number of ketones is 1. The highest BCUT2D eigenvalue weighted by molar-refractivity contribution is 5.80. The van der Waals surface area contributed by atoms with E-state index >= 15 is 0 Å². The Balaban J connectivity index is 0.00000125. The van der Waals surface area contributed by atoms with E-state index in [-0.39, 0.29) is 26.9 Å². The van der Waals surface area contributed by atoms with Gasteiger partial charge in [0.2, 0.25) is 0 Å². The van der Waals surface area contributed by atoms with Crippen LogP contribution in [-0.4, -0.2) is 29.2 Å².